The van der Waals surface area contributed by atoms with Gasteiger partial charge in [-0.2, -0.15) is 0 Å². The van der Waals surface area contributed by atoms with Crippen LogP contribution in [0, 0.1) is 0 Å². The molecular weight excluding hydrogens is 460 g/mol. The van der Waals surface area contributed by atoms with E-state index >= 15 is 0 Å². The Morgan fingerprint density at radius 3 is 2.49 bits per heavy atom. The first-order chi connectivity index (χ1) is 17.0. The lowest BCUT2D eigenvalue weighted by Crippen LogP contribution is -2.42. The minimum absolute atomic E-state index is 0.0101. The average Bonchev–Trinajstić information content (AvgIpc) is 2.89. The van der Waals surface area contributed by atoms with Gasteiger partial charge in [0.2, 0.25) is 0 Å². The molecule has 0 radical (unpaired) electrons. The first-order valence-electron chi connectivity index (χ1n) is 11.8. The summed E-state index contributed by atoms with van der Waals surface area (Å²) in [6.45, 7) is 0.483. The molecule has 0 saturated heterocycles. The number of H-pyrrole nitrogens is 1. The highest BCUT2D eigenvalue weighted by Gasteiger charge is 2.25. The van der Waals surface area contributed by atoms with Crippen LogP contribution in [-0.4, -0.2) is 28.3 Å². The molecule has 2 aromatic carbocycles. The van der Waals surface area contributed by atoms with E-state index in [0.717, 1.165) is 29.7 Å². The van der Waals surface area contributed by atoms with Crippen molar-refractivity contribution in [3.8, 4) is 0 Å². The molecular formula is C27H30N4O3S. The summed E-state index contributed by atoms with van der Waals surface area (Å²) in [6, 6.07) is 16.6. The molecule has 8 heteroatoms. The van der Waals surface area contributed by atoms with Crippen molar-refractivity contribution in [2.75, 3.05) is 23.4 Å². The van der Waals surface area contributed by atoms with E-state index in [4.69, 9.17) is 5.73 Å². The fourth-order valence-corrected chi connectivity index (χ4v) is 4.76. The van der Waals surface area contributed by atoms with Crippen molar-refractivity contribution < 1.29 is 4.79 Å². The number of hydrogen-bond donors (Lipinski definition) is 2. The lowest BCUT2D eigenvalue weighted by Gasteiger charge is -2.26. The molecule has 0 unspecified atom stereocenters. The Morgan fingerprint density at radius 1 is 1.09 bits per heavy atom. The average molecular weight is 491 g/mol. The second-order valence-corrected chi connectivity index (χ2v) is 9.49. The van der Waals surface area contributed by atoms with Crippen molar-refractivity contribution in [2.24, 2.45) is 0 Å². The fraction of sp³-hybridized carbons (Fsp3) is 0.296. The first-order valence-corrected chi connectivity index (χ1v) is 13.0. The second-order valence-electron chi connectivity index (χ2n) is 8.61. The first kappa shape index (κ1) is 24.6. The molecule has 0 fully saturated rings. The Balaban J connectivity index is 1.75. The minimum Gasteiger partial charge on any atom is -0.383 e. The number of nitrogens with zero attached hydrogens (tertiary/aromatic N) is 2. The molecule has 0 atom stereocenters. The number of carbonyl (C=O) groups is 1. The number of carbonyl (C=O) groups excluding carboxylic acids is 1. The van der Waals surface area contributed by atoms with E-state index in [2.05, 4.69) is 11.1 Å². The van der Waals surface area contributed by atoms with E-state index in [0.29, 0.717) is 18.5 Å². The van der Waals surface area contributed by atoms with Crippen LogP contribution in [0.1, 0.15) is 48.0 Å². The normalized spacial score (nSPS) is 13.3. The SMILES string of the molecule is CSc1ccc(C(=O)N(CCC2=CCCCC2)c2c(N)n(Cc3ccccc3)c(=O)[nH]c2=O)cc1. The summed E-state index contributed by atoms with van der Waals surface area (Å²) in [7, 11) is 0. The standard InChI is InChI=1S/C27H30N4O3S/c1-35-22-14-12-21(13-15-22)26(33)30(17-16-19-8-4-2-5-9-19)23-24(28)31(27(34)29-25(23)32)18-20-10-6-3-7-11-20/h3,6-8,10-15H,2,4-5,9,16-18,28H2,1H3,(H,29,32,34). The van der Waals surface area contributed by atoms with E-state index in [-0.39, 0.29) is 24.0 Å². The van der Waals surface area contributed by atoms with Crippen LogP contribution in [0.4, 0.5) is 11.5 Å². The number of nitrogens with one attached hydrogen (secondary N) is 1. The Hall–Kier alpha value is -3.52. The van der Waals surface area contributed by atoms with Gasteiger partial charge >= 0.3 is 5.69 Å². The molecule has 1 heterocycles. The predicted molar refractivity (Wildman–Crippen MR) is 142 cm³/mol. The number of allylic oxidation sites excluding steroid dienone is 1. The van der Waals surface area contributed by atoms with Crippen LogP contribution in [0.25, 0.3) is 0 Å². The van der Waals surface area contributed by atoms with Gasteiger partial charge in [-0.3, -0.25) is 19.1 Å². The summed E-state index contributed by atoms with van der Waals surface area (Å²) in [4.78, 5) is 44.2. The van der Waals surface area contributed by atoms with Gasteiger partial charge in [0.1, 0.15) is 5.82 Å². The lowest BCUT2D eigenvalue weighted by atomic mass is 9.97. The van der Waals surface area contributed by atoms with Gasteiger partial charge in [0, 0.05) is 17.0 Å². The third kappa shape index (κ3) is 5.77. The quantitative estimate of drug-likeness (QED) is 0.359. The van der Waals surface area contributed by atoms with Crippen molar-refractivity contribution in [3.63, 3.8) is 0 Å². The highest BCUT2D eigenvalue weighted by molar-refractivity contribution is 7.98. The van der Waals surface area contributed by atoms with Crippen LogP contribution in [-0.2, 0) is 6.54 Å². The maximum Gasteiger partial charge on any atom is 0.330 e. The number of benzene rings is 2. The zero-order valence-electron chi connectivity index (χ0n) is 19.8. The number of aromatic amines is 1. The number of amides is 1. The summed E-state index contributed by atoms with van der Waals surface area (Å²) in [5, 5.41) is 0. The molecule has 0 aliphatic heterocycles. The number of thioether (sulfide) groups is 1. The van der Waals surface area contributed by atoms with Crippen molar-refractivity contribution >= 4 is 29.2 Å². The highest BCUT2D eigenvalue weighted by Crippen LogP contribution is 2.25. The van der Waals surface area contributed by atoms with E-state index in [1.165, 1.54) is 21.5 Å². The van der Waals surface area contributed by atoms with Crippen LogP contribution in [0.15, 0.2) is 80.7 Å². The summed E-state index contributed by atoms with van der Waals surface area (Å²) < 4.78 is 1.31. The van der Waals surface area contributed by atoms with Crippen molar-refractivity contribution in [1.82, 2.24) is 9.55 Å². The second kappa shape index (κ2) is 11.3. The van der Waals surface area contributed by atoms with Crippen LogP contribution in [0.2, 0.25) is 0 Å². The smallest absolute Gasteiger partial charge is 0.330 e. The van der Waals surface area contributed by atoms with Gasteiger partial charge in [-0.25, -0.2) is 4.79 Å². The Bertz CT molecular complexity index is 1330. The third-order valence-electron chi connectivity index (χ3n) is 6.29. The summed E-state index contributed by atoms with van der Waals surface area (Å²) >= 11 is 1.59. The van der Waals surface area contributed by atoms with Crippen LogP contribution < -0.4 is 21.9 Å². The Morgan fingerprint density at radius 2 is 1.83 bits per heavy atom. The van der Waals surface area contributed by atoms with Gasteiger partial charge in [-0.05, 0) is 68.2 Å². The number of anilines is 2. The van der Waals surface area contributed by atoms with E-state index < -0.39 is 11.2 Å². The molecule has 7 nitrogen and oxygen atoms in total. The molecule has 0 spiro atoms. The van der Waals surface area contributed by atoms with Crippen LogP contribution in [0.3, 0.4) is 0 Å². The van der Waals surface area contributed by atoms with Crippen molar-refractivity contribution in [2.45, 2.75) is 43.5 Å². The van der Waals surface area contributed by atoms with Crippen molar-refractivity contribution in [1.29, 1.82) is 0 Å². The van der Waals surface area contributed by atoms with E-state index in [9.17, 15) is 14.4 Å². The summed E-state index contributed by atoms with van der Waals surface area (Å²) in [5.41, 5.74) is 7.77. The third-order valence-corrected chi connectivity index (χ3v) is 7.03. The van der Waals surface area contributed by atoms with E-state index in [1.807, 2.05) is 48.7 Å². The molecule has 4 rings (SSSR count). The zero-order valence-corrected chi connectivity index (χ0v) is 20.6. The monoisotopic (exact) mass is 490 g/mol. The summed E-state index contributed by atoms with van der Waals surface area (Å²) in [5.74, 6) is -0.342. The summed E-state index contributed by atoms with van der Waals surface area (Å²) in [6.07, 6.45) is 9.16. The number of aromatic nitrogens is 2. The number of rotatable bonds is 8. The van der Waals surface area contributed by atoms with Crippen molar-refractivity contribution in [3.05, 3.63) is 98.2 Å². The molecule has 3 aromatic rings. The topological polar surface area (TPSA) is 101 Å². The molecule has 3 N–H and O–H groups in total. The lowest BCUT2D eigenvalue weighted by molar-refractivity contribution is 0.0986. The van der Waals surface area contributed by atoms with Crippen LogP contribution >= 0.6 is 11.8 Å². The maximum absolute atomic E-state index is 13.7. The molecule has 35 heavy (non-hydrogen) atoms. The van der Waals surface area contributed by atoms with E-state index in [1.54, 1.807) is 23.9 Å². The van der Waals surface area contributed by atoms with Gasteiger partial charge in [0.25, 0.3) is 11.5 Å². The van der Waals surface area contributed by atoms with Crippen LogP contribution in [0.5, 0.6) is 0 Å². The number of hydrogen-bond acceptors (Lipinski definition) is 5. The number of nitrogens with two attached hydrogens (primary N) is 1. The number of nitrogen functional groups attached to an aromatic ring is 1. The zero-order chi connectivity index (χ0) is 24.8. The van der Waals surface area contributed by atoms with Gasteiger partial charge in [-0.15, -0.1) is 11.8 Å². The Labute approximate surface area is 208 Å². The fourth-order valence-electron chi connectivity index (χ4n) is 4.35. The molecule has 1 aliphatic carbocycles. The van der Waals surface area contributed by atoms with Gasteiger partial charge in [0.15, 0.2) is 5.69 Å². The molecule has 1 aliphatic rings. The molecule has 1 amide bonds. The highest BCUT2D eigenvalue weighted by atomic mass is 32.2. The predicted octanol–water partition coefficient (Wildman–Crippen LogP) is 4.43. The van der Waals surface area contributed by atoms with Gasteiger partial charge in [-0.1, -0.05) is 42.0 Å². The molecule has 0 bridgehead atoms. The molecule has 1 aromatic heterocycles. The Kier molecular flexibility index (Phi) is 7.92. The van der Waals surface area contributed by atoms with Gasteiger partial charge < -0.3 is 10.6 Å². The largest absolute Gasteiger partial charge is 0.383 e. The molecule has 0 saturated carbocycles. The maximum atomic E-state index is 13.7. The van der Waals surface area contributed by atoms with Gasteiger partial charge in [0.05, 0.1) is 6.54 Å². The minimum atomic E-state index is -0.663. The molecule has 182 valence electrons.